The lowest BCUT2D eigenvalue weighted by Crippen LogP contribution is -2.68. The summed E-state index contributed by atoms with van der Waals surface area (Å²) >= 11 is 0. The van der Waals surface area contributed by atoms with Crippen LogP contribution < -0.4 is 16.8 Å². The standard InChI is InChI=1S/C96H181N2O21P.H3N/c1-7-13-19-25-31-37-40-46-52-58-64-70-85(103)113-79(68-62-56-50-44-35-29-23-17-11-5)74-84(102)98-90-94(118-88(106)75-80(69-63-57-51-45-36-30-24-18-12-6)114-86(104)71-65-59-53-47-41-38-32-26-20-14-8-2)92(119-120(109,110)111)81(76-99)116-96(90)112-77-82-91(107)93(117-87(105)72-66-60-54-48-42-39-33-27-21-15-9-3)89(95(108)115-82)97-83(101)73-78(100)67-61-55-49-43-34-28-22-16-10-4;/h78-82,89-96,99-100,107-108H,7-77H2,1-6H3,(H,97,101)(H,98,102)(H2,109,110,111);1H3/p+1/t78-,79-,80-,81?,82?,89?,90?,91-,92-,93-,94-,95+,96-;/m1./s1. The number of hydrogen-bond donors (Lipinski definition) is 9. The molecule has 2 saturated heterocycles. The third-order valence-electron chi connectivity index (χ3n) is 24.1. The molecule has 2 aliphatic heterocycles. The van der Waals surface area contributed by atoms with E-state index in [1.54, 1.807) is 0 Å². The van der Waals surface area contributed by atoms with Crippen molar-refractivity contribution in [2.75, 3.05) is 13.2 Å². The summed E-state index contributed by atoms with van der Waals surface area (Å²) in [7, 11) is -5.60. The zero-order valence-corrected chi connectivity index (χ0v) is 78.9. The van der Waals surface area contributed by atoms with Crippen molar-refractivity contribution in [3.8, 4) is 0 Å². The van der Waals surface area contributed by atoms with Crippen molar-refractivity contribution >= 4 is 43.5 Å². The Morgan fingerprint density at radius 1 is 0.355 bits per heavy atom. The molecule has 121 heavy (non-hydrogen) atoms. The van der Waals surface area contributed by atoms with Crippen LogP contribution in [0.5, 0.6) is 0 Å². The van der Waals surface area contributed by atoms with Crippen molar-refractivity contribution in [1.29, 1.82) is 0 Å². The fourth-order valence-electron chi connectivity index (χ4n) is 16.7. The number of esters is 4. The van der Waals surface area contributed by atoms with Gasteiger partial charge in [0.25, 0.3) is 0 Å². The molecule has 0 aromatic rings. The van der Waals surface area contributed by atoms with Crippen LogP contribution in [0, 0.1) is 0 Å². The molecule has 0 radical (unpaired) electrons. The quantitative estimate of drug-likeness (QED) is 0.0118. The number of phosphoric ester groups is 1. The number of hydrogen-bond acceptors (Lipinski definition) is 19. The molecule has 0 aliphatic carbocycles. The second kappa shape index (κ2) is 78.8. The van der Waals surface area contributed by atoms with Gasteiger partial charge in [0.1, 0.15) is 48.7 Å². The van der Waals surface area contributed by atoms with Gasteiger partial charge in [0, 0.05) is 19.3 Å². The number of rotatable bonds is 84. The molecule has 0 bridgehead atoms. The Hall–Kier alpha value is -3.39. The van der Waals surface area contributed by atoms with Crippen LogP contribution in [0.4, 0.5) is 0 Å². The Morgan fingerprint density at radius 3 is 1.02 bits per heavy atom. The molecule has 2 rings (SSSR count). The Balaban J connectivity index is 0.0000732. The largest absolute Gasteiger partial charge is 0.470 e. The van der Waals surface area contributed by atoms with E-state index in [1.807, 2.05) is 0 Å². The molecule has 0 aromatic carbocycles. The van der Waals surface area contributed by atoms with Gasteiger partial charge in [0.05, 0.1) is 38.6 Å². The van der Waals surface area contributed by atoms with Crippen LogP contribution in [0.2, 0.25) is 0 Å². The summed E-state index contributed by atoms with van der Waals surface area (Å²) in [5.41, 5.74) is 0. The van der Waals surface area contributed by atoms with Crippen molar-refractivity contribution in [3.05, 3.63) is 0 Å². The smallest absolute Gasteiger partial charge is 0.462 e. The van der Waals surface area contributed by atoms with Crippen molar-refractivity contribution in [2.24, 2.45) is 0 Å². The van der Waals surface area contributed by atoms with Crippen LogP contribution in [-0.2, 0) is 71.0 Å². The summed E-state index contributed by atoms with van der Waals surface area (Å²) in [6, 6.07) is -3.35. The lowest BCUT2D eigenvalue weighted by molar-refractivity contribution is -0.298. The van der Waals surface area contributed by atoms with E-state index >= 15 is 4.79 Å². The van der Waals surface area contributed by atoms with E-state index in [2.05, 4.69) is 52.2 Å². The molecule has 2 amide bonds. The highest BCUT2D eigenvalue weighted by Crippen LogP contribution is 2.43. The number of phosphoric acid groups is 1. The van der Waals surface area contributed by atoms with Gasteiger partial charge in [-0.15, -0.1) is 0 Å². The van der Waals surface area contributed by atoms with Crippen LogP contribution in [0.1, 0.15) is 485 Å². The number of carbonyl (C=O) groups is 6. The van der Waals surface area contributed by atoms with Gasteiger partial charge in [-0.3, -0.25) is 33.3 Å². The maximum Gasteiger partial charge on any atom is 0.470 e. The van der Waals surface area contributed by atoms with Gasteiger partial charge < -0.3 is 80.2 Å². The highest BCUT2D eigenvalue weighted by molar-refractivity contribution is 7.46. The summed E-state index contributed by atoms with van der Waals surface area (Å²) < 4.78 is 62.1. The summed E-state index contributed by atoms with van der Waals surface area (Å²) in [6.07, 6.45) is 45.3. The first-order chi connectivity index (χ1) is 58.2. The SMILES string of the molecule is CCCCCCCCCCCCCC(=O)O[C@H](CCCCCCCCCCC)CC(=O)NC1[C@H](OCC2O[C@H](O)C(NC(=O)C[C@H](O)CCCCCCCCCCC)[C@@H](OC(=O)CCCCCCCCCCCCC)[C@@H]2O)OC(CO)[C@@H](OP(=O)(O)O)[C@@H]1OC(=O)C[C@@H](CCCCCCCCCCC)OC(=O)CCCCCCCCCCCCC.[NH4+]. The number of amides is 2. The fourth-order valence-corrected chi connectivity index (χ4v) is 17.3. The van der Waals surface area contributed by atoms with Crippen LogP contribution in [-0.4, -0.2) is 159 Å². The summed E-state index contributed by atoms with van der Waals surface area (Å²) in [5.74, 6) is -4.18. The van der Waals surface area contributed by atoms with Crippen molar-refractivity contribution in [2.45, 2.75) is 564 Å². The van der Waals surface area contributed by atoms with Gasteiger partial charge >= 0.3 is 31.7 Å². The zero-order valence-electron chi connectivity index (χ0n) is 78.0. The number of unbranched alkanes of at least 4 members (excludes halogenated alkanes) is 54. The van der Waals surface area contributed by atoms with E-state index in [-0.39, 0.29) is 38.3 Å². The normalized spacial score (nSPS) is 20.0. The molecule has 2 aliphatic rings. The number of nitrogens with one attached hydrogen (secondary N) is 2. The van der Waals surface area contributed by atoms with Crippen molar-refractivity contribution in [1.82, 2.24) is 16.8 Å². The molecular weight excluding hydrogens is 1560 g/mol. The lowest BCUT2D eigenvalue weighted by atomic mass is 9.95. The third kappa shape index (κ3) is 62.5. The van der Waals surface area contributed by atoms with Gasteiger partial charge in [-0.25, -0.2) is 4.57 Å². The second-order valence-corrected chi connectivity index (χ2v) is 36.7. The fraction of sp³-hybridized carbons (Fsp3) is 0.938. The molecule has 0 aromatic heterocycles. The molecule has 12 N–H and O–H groups in total. The highest BCUT2D eigenvalue weighted by atomic mass is 31.2. The van der Waals surface area contributed by atoms with Gasteiger partial charge in [0.15, 0.2) is 24.8 Å². The summed E-state index contributed by atoms with van der Waals surface area (Å²) in [6.45, 7) is 11.4. The Labute approximate surface area is 735 Å². The Bertz CT molecular complexity index is 2520. The van der Waals surface area contributed by atoms with E-state index < -0.39 is 149 Å². The predicted molar refractivity (Wildman–Crippen MR) is 483 cm³/mol. The average molecular weight is 1750 g/mol. The minimum Gasteiger partial charge on any atom is -0.462 e. The molecule has 714 valence electrons. The first-order valence-electron chi connectivity index (χ1n) is 49.9. The Kier molecular flexibility index (Phi) is 75.3. The highest BCUT2D eigenvalue weighted by Gasteiger charge is 2.54. The third-order valence-corrected chi connectivity index (χ3v) is 24.6. The van der Waals surface area contributed by atoms with Crippen molar-refractivity contribution < 1.29 is 101 Å². The molecule has 24 nitrogen and oxygen atoms in total. The molecule has 4 unspecified atom stereocenters. The Morgan fingerprint density at radius 2 is 0.661 bits per heavy atom. The molecule has 0 spiro atoms. The van der Waals surface area contributed by atoms with Crippen LogP contribution in [0.15, 0.2) is 0 Å². The summed E-state index contributed by atoms with van der Waals surface area (Å²) in [4.78, 5) is 107. The van der Waals surface area contributed by atoms with Crippen LogP contribution in [0.25, 0.3) is 0 Å². The van der Waals surface area contributed by atoms with E-state index in [4.69, 9.17) is 37.7 Å². The molecule has 0 saturated carbocycles. The minimum atomic E-state index is -5.60. The van der Waals surface area contributed by atoms with Gasteiger partial charge in [-0.1, -0.05) is 395 Å². The van der Waals surface area contributed by atoms with Gasteiger partial charge in [-0.2, -0.15) is 0 Å². The maximum absolute atomic E-state index is 15.1. The average Bonchev–Trinajstić information content (AvgIpc) is 0.797. The number of quaternary nitrogens is 1. The maximum atomic E-state index is 15.1. The molecule has 2 heterocycles. The molecule has 13 atom stereocenters. The molecular formula is C96H185N3O21P+. The molecule has 25 heteroatoms. The summed E-state index contributed by atoms with van der Waals surface area (Å²) in [5, 5.41) is 52.2. The number of aliphatic hydroxyl groups excluding tert-OH is 4. The second-order valence-electron chi connectivity index (χ2n) is 35.5. The van der Waals surface area contributed by atoms with Gasteiger partial charge in [-0.05, 0) is 51.4 Å². The first-order valence-corrected chi connectivity index (χ1v) is 51.4. The lowest BCUT2D eigenvalue weighted by Gasteiger charge is -2.46. The number of aliphatic hydroxyl groups is 4. The van der Waals surface area contributed by atoms with E-state index in [0.717, 1.165) is 186 Å². The van der Waals surface area contributed by atoms with E-state index in [0.29, 0.717) is 51.4 Å². The number of ether oxygens (including phenoxy) is 7. The van der Waals surface area contributed by atoms with Crippen LogP contribution in [0.3, 0.4) is 0 Å². The first kappa shape index (κ1) is 116. The van der Waals surface area contributed by atoms with Crippen molar-refractivity contribution in [3.63, 3.8) is 0 Å². The van der Waals surface area contributed by atoms with Crippen LogP contribution >= 0.6 is 7.82 Å². The minimum absolute atomic E-state index is 0. The molecule has 2 fully saturated rings. The topological polar surface area (TPSA) is 375 Å². The zero-order chi connectivity index (χ0) is 87.7. The predicted octanol–water partition coefficient (Wildman–Crippen LogP) is 22.7. The monoisotopic (exact) mass is 1750 g/mol. The van der Waals surface area contributed by atoms with E-state index in [1.165, 1.54) is 161 Å². The van der Waals surface area contributed by atoms with Gasteiger partial charge in [0.2, 0.25) is 11.8 Å². The van der Waals surface area contributed by atoms with E-state index in [9.17, 15) is 58.8 Å². The number of carbonyl (C=O) groups excluding carboxylic acids is 6.